The number of nitrogens with zero attached hydrogens (tertiary/aromatic N) is 2. The number of carbonyl (C=O) groups is 1. The average molecular weight is 333 g/mol. The van der Waals surface area contributed by atoms with Crippen LogP contribution in [0.5, 0.6) is 0 Å². The van der Waals surface area contributed by atoms with E-state index in [9.17, 15) is 13.6 Å². The van der Waals surface area contributed by atoms with Gasteiger partial charge in [0, 0.05) is 25.4 Å². The van der Waals surface area contributed by atoms with Gasteiger partial charge in [0.2, 0.25) is 0 Å². The van der Waals surface area contributed by atoms with E-state index in [1.165, 1.54) is 18.5 Å². The molecule has 1 aromatic carbocycles. The number of pyridine rings is 1. The maximum absolute atomic E-state index is 13.7. The maximum Gasteiger partial charge on any atom is 0.255 e. The third-order valence-electron chi connectivity index (χ3n) is 3.47. The summed E-state index contributed by atoms with van der Waals surface area (Å²) < 4.78 is 26.7. The van der Waals surface area contributed by atoms with Crippen molar-refractivity contribution in [2.45, 2.75) is 26.7 Å². The number of hydrogen-bond acceptors (Lipinski definition) is 3. The van der Waals surface area contributed by atoms with Crippen molar-refractivity contribution in [3.8, 4) is 0 Å². The van der Waals surface area contributed by atoms with Gasteiger partial charge in [-0.3, -0.25) is 9.78 Å². The van der Waals surface area contributed by atoms with Crippen LogP contribution in [0.3, 0.4) is 0 Å². The summed E-state index contributed by atoms with van der Waals surface area (Å²) in [6.07, 6.45) is 4.73. The summed E-state index contributed by atoms with van der Waals surface area (Å²) in [5.74, 6) is -1.45. The fraction of sp³-hybridized carbons (Fsp3) is 0.333. The van der Waals surface area contributed by atoms with Gasteiger partial charge in [-0.15, -0.1) is 0 Å². The van der Waals surface area contributed by atoms with Crippen molar-refractivity contribution in [1.29, 1.82) is 0 Å². The Kier molecular flexibility index (Phi) is 6.23. The zero-order chi connectivity index (χ0) is 17.5. The molecule has 0 aliphatic rings. The maximum atomic E-state index is 13.7. The third-order valence-corrected chi connectivity index (χ3v) is 3.47. The Bertz CT molecular complexity index is 700. The molecule has 2 rings (SSSR count). The highest BCUT2D eigenvalue weighted by Gasteiger charge is 2.15. The van der Waals surface area contributed by atoms with Crippen LogP contribution in [0.25, 0.3) is 0 Å². The molecule has 0 unspecified atom stereocenters. The Morgan fingerprint density at radius 1 is 1.12 bits per heavy atom. The molecule has 0 aliphatic carbocycles. The van der Waals surface area contributed by atoms with E-state index in [0.717, 1.165) is 25.0 Å². The van der Waals surface area contributed by atoms with E-state index in [0.29, 0.717) is 24.3 Å². The average Bonchev–Trinajstić information content (AvgIpc) is 2.57. The van der Waals surface area contributed by atoms with E-state index in [4.69, 9.17) is 0 Å². The van der Waals surface area contributed by atoms with Gasteiger partial charge in [-0.25, -0.2) is 8.78 Å². The molecular formula is C18H21F2N3O. The van der Waals surface area contributed by atoms with Crippen LogP contribution < -0.4 is 5.32 Å². The Labute approximate surface area is 140 Å². The van der Waals surface area contributed by atoms with E-state index < -0.39 is 11.6 Å². The van der Waals surface area contributed by atoms with Crippen molar-refractivity contribution in [1.82, 2.24) is 9.88 Å². The Balaban J connectivity index is 2.20. The lowest BCUT2D eigenvalue weighted by Gasteiger charge is -2.21. The molecule has 0 saturated heterocycles. The number of rotatable bonds is 7. The Morgan fingerprint density at radius 2 is 1.83 bits per heavy atom. The molecule has 1 aromatic heterocycles. The quantitative estimate of drug-likeness (QED) is 0.818. The fourth-order valence-corrected chi connectivity index (χ4v) is 2.41. The minimum atomic E-state index is -0.703. The van der Waals surface area contributed by atoms with Gasteiger partial charge in [0.1, 0.15) is 11.6 Å². The first-order valence-corrected chi connectivity index (χ1v) is 8.01. The number of amides is 1. The Morgan fingerprint density at radius 3 is 2.46 bits per heavy atom. The van der Waals surface area contributed by atoms with Gasteiger partial charge in [0.25, 0.3) is 5.91 Å². The van der Waals surface area contributed by atoms with Crippen molar-refractivity contribution >= 4 is 17.3 Å². The molecule has 1 N–H and O–H groups in total. The molecule has 0 bridgehead atoms. The van der Waals surface area contributed by atoms with Crippen molar-refractivity contribution < 1.29 is 13.6 Å². The zero-order valence-corrected chi connectivity index (χ0v) is 13.9. The van der Waals surface area contributed by atoms with Crippen molar-refractivity contribution in [2.24, 2.45) is 0 Å². The molecule has 0 fully saturated rings. The van der Waals surface area contributed by atoms with E-state index in [1.807, 2.05) is 13.8 Å². The Hall–Kier alpha value is -2.50. The smallest absolute Gasteiger partial charge is 0.255 e. The van der Waals surface area contributed by atoms with E-state index in [2.05, 4.69) is 10.3 Å². The largest absolute Gasteiger partial charge is 0.352 e. The van der Waals surface area contributed by atoms with Crippen molar-refractivity contribution in [2.75, 3.05) is 18.4 Å². The molecule has 2 aromatic rings. The summed E-state index contributed by atoms with van der Waals surface area (Å²) in [6, 6.07) is 4.89. The van der Waals surface area contributed by atoms with Crippen LogP contribution in [-0.2, 0) is 0 Å². The molecular weight excluding hydrogens is 312 g/mol. The van der Waals surface area contributed by atoms with Gasteiger partial charge in [-0.2, -0.15) is 0 Å². The molecule has 0 radical (unpaired) electrons. The SMILES string of the molecule is CCCN(CCC)C(=O)c1cncc(Nc2ccc(F)cc2F)c1. The molecule has 0 saturated carbocycles. The highest BCUT2D eigenvalue weighted by atomic mass is 19.1. The van der Waals surface area contributed by atoms with E-state index in [-0.39, 0.29) is 11.6 Å². The number of aromatic nitrogens is 1. The molecule has 24 heavy (non-hydrogen) atoms. The van der Waals surface area contributed by atoms with Crippen LogP contribution >= 0.6 is 0 Å². The van der Waals surface area contributed by atoms with E-state index >= 15 is 0 Å². The number of carbonyl (C=O) groups excluding carboxylic acids is 1. The van der Waals surface area contributed by atoms with Crippen molar-refractivity contribution in [3.63, 3.8) is 0 Å². The first-order valence-electron chi connectivity index (χ1n) is 8.01. The van der Waals surface area contributed by atoms with E-state index in [1.54, 1.807) is 11.0 Å². The van der Waals surface area contributed by atoms with Gasteiger partial charge in [-0.05, 0) is 31.0 Å². The van der Waals surface area contributed by atoms with Crippen LogP contribution in [0.1, 0.15) is 37.0 Å². The van der Waals surface area contributed by atoms with Crippen LogP contribution in [-0.4, -0.2) is 28.9 Å². The predicted molar refractivity (Wildman–Crippen MR) is 90.4 cm³/mol. The molecule has 6 heteroatoms. The molecule has 1 heterocycles. The fourth-order valence-electron chi connectivity index (χ4n) is 2.41. The van der Waals surface area contributed by atoms with Gasteiger partial charge >= 0.3 is 0 Å². The molecule has 0 aliphatic heterocycles. The van der Waals surface area contributed by atoms with Crippen LogP contribution in [0.15, 0.2) is 36.7 Å². The molecule has 0 atom stereocenters. The standard InChI is InChI=1S/C18H21F2N3O/c1-3-7-23(8-4-2)18(24)13-9-15(12-21-11-13)22-17-6-5-14(19)10-16(17)20/h5-6,9-12,22H,3-4,7-8H2,1-2H3. The highest BCUT2D eigenvalue weighted by Crippen LogP contribution is 2.21. The lowest BCUT2D eigenvalue weighted by molar-refractivity contribution is 0.0755. The minimum absolute atomic E-state index is 0.102. The second kappa shape index (κ2) is 8.38. The summed E-state index contributed by atoms with van der Waals surface area (Å²) in [6.45, 7) is 5.39. The summed E-state index contributed by atoms with van der Waals surface area (Å²) >= 11 is 0. The van der Waals surface area contributed by atoms with Crippen LogP contribution in [0.4, 0.5) is 20.2 Å². The summed E-state index contributed by atoms with van der Waals surface area (Å²) in [5.41, 5.74) is 1.03. The van der Waals surface area contributed by atoms with Crippen LogP contribution in [0, 0.1) is 11.6 Å². The number of hydrogen-bond donors (Lipinski definition) is 1. The van der Waals surface area contributed by atoms with Gasteiger partial charge in [0.05, 0.1) is 23.1 Å². The monoisotopic (exact) mass is 333 g/mol. The minimum Gasteiger partial charge on any atom is -0.352 e. The topological polar surface area (TPSA) is 45.2 Å². The lowest BCUT2D eigenvalue weighted by Crippen LogP contribution is -2.32. The van der Waals surface area contributed by atoms with Crippen LogP contribution in [0.2, 0.25) is 0 Å². The summed E-state index contributed by atoms with van der Waals surface area (Å²) in [7, 11) is 0. The second-order valence-electron chi connectivity index (χ2n) is 5.50. The first kappa shape index (κ1) is 17.8. The lowest BCUT2D eigenvalue weighted by atomic mass is 10.2. The molecule has 128 valence electrons. The normalized spacial score (nSPS) is 10.5. The third kappa shape index (κ3) is 4.50. The number of nitrogens with one attached hydrogen (secondary N) is 1. The number of anilines is 2. The number of benzene rings is 1. The summed E-state index contributed by atoms with van der Waals surface area (Å²) in [5, 5.41) is 2.82. The van der Waals surface area contributed by atoms with Gasteiger partial charge in [-0.1, -0.05) is 13.8 Å². The highest BCUT2D eigenvalue weighted by molar-refractivity contribution is 5.94. The first-order chi connectivity index (χ1) is 11.5. The predicted octanol–water partition coefficient (Wildman–Crippen LogP) is 4.37. The van der Waals surface area contributed by atoms with Gasteiger partial charge in [0.15, 0.2) is 0 Å². The second-order valence-corrected chi connectivity index (χ2v) is 5.50. The van der Waals surface area contributed by atoms with Gasteiger partial charge < -0.3 is 10.2 Å². The molecule has 1 amide bonds. The zero-order valence-electron chi connectivity index (χ0n) is 13.9. The number of halogens is 2. The summed E-state index contributed by atoms with van der Waals surface area (Å²) in [4.78, 5) is 18.4. The molecule has 0 spiro atoms. The molecule has 4 nitrogen and oxygen atoms in total. The van der Waals surface area contributed by atoms with Crippen molar-refractivity contribution in [3.05, 3.63) is 53.9 Å².